The number of aliphatic hydroxyl groups is 1. The topological polar surface area (TPSA) is 92.5 Å². The summed E-state index contributed by atoms with van der Waals surface area (Å²) in [5.41, 5.74) is 2.62. The number of aliphatic hydroxyl groups excluding tert-OH is 1. The lowest BCUT2D eigenvalue weighted by molar-refractivity contribution is -0.384. The van der Waals surface area contributed by atoms with Gasteiger partial charge in [-0.2, -0.15) is 0 Å². The number of hydrogen-bond donors (Lipinski definition) is 2. The zero-order chi connectivity index (χ0) is 22.9. The molecule has 0 aliphatic carbocycles. The van der Waals surface area contributed by atoms with Crippen LogP contribution in [0.2, 0.25) is 0 Å². The minimum atomic E-state index is -0.680. The summed E-state index contributed by atoms with van der Waals surface area (Å²) in [5.74, 6) is -0.0865. The molecule has 0 saturated heterocycles. The second kappa shape index (κ2) is 11.1. The van der Waals surface area contributed by atoms with Gasteiger partial charge < -0.3 is 10.4 Å². The number of nitro benzene ring substituents is 1. The largest absolute Gasteiger partial charge is 0.387 e. The van der Waals surface area contributed by atoms with Crippen molar-refractivity contribution in [2.75, 3.05) is 6.54 Å². The molecule has 0 spiro atoms. The fraction of sp³-hybridized carbons (Fsp3) is 0.192. The van der Waals surface area contributed by atoms with Gasteiger partial charge >= 0.3 is 0 Å². The predicted molar refractivity (Wildman–Crippen MR) is 126 cm³/mol. The van der Waals surface area contributed by atoms with E-state index >= 15 is 0 Å². The third-order valence-corrected chi connectivity index (χ3v) is 5.21. The number of carbonyl (C=O) groups is 1. The van der Waals surface area contributed by atoms with Crippen LogP contribution in [0.1, 0.15) is 36.1 Å². The zero-order valence-corrected chi connectivity index (χ0v) is 17.8. The molecule has 2 N–H and O–H groups in total. The number of nitrogens with one attached hydrogen (secondary N) is 1. The number of carbonyl (C=O) groups excluding carboxylic acids is 1. The highest BCUT2D eigenvalue weighted by Crippen LogP contribution is 2.23. The van der Waals surface area contributed by atoms with Crippen LogP contribution < -0.4 is 5.32 Å². The van der Waals surface area contributed by atoms with Crippen molar-refractivity contribution in [3.63, 3.8) is 0 Å². The summed E-state index contributed by atoms with van der Waals surface area (Å²) < 4.78 is 0. The second-order valence-corrected chi connectivity index (χ2v) is 7.55. The number of Topliss-reactive ketones (excluding diaryl/α,β-unsaturated/α-hetero) is 1. The molecule has 0 saturated carbocycles. The van der Waals surface area contributed by atoms with Crippen LogP contribution in [0.5, 0.6) is 0 Å². The maximum absolute atomic E-state index is 13.1. The summed E-state index contributed by atoms with van der Waals surface area (Å²) in [6.07, 6.45) is 1.23. The van der Waals surface area contributed by atoms with Crippen LogP contribution >= 0.6 is 0 Å². The molecule has 0 heterocycles. The lowest BCUT2D eigenvalue weighted by Gasteiger charge is -2.20. The molecular weight excluding hydrogens is 404 g/mol. The predicted octanol–water partition coefficient (Wildman–Crippen LogP) is 4.81. The van der Waals surface area contributed by atoms with Gasteiger partial charge in [-0.25, -0.2) is 0 Å². The summed E-state index contributed by atoms with van der Waals surface area (Å²) in [5, 5.41) is 24.8. The SMILES string of the molecule is CC(NCCC(=O)/C(=C/c1cccc([N+](=O)[O-])c1)c1ccccc1)C(O)c1ccccc1. The Labute approximate surface area is 187 Å². The van der Waals surface area contributed by atoms with Crippen molar-refractivity contribution in [1.82, 2.24) is 5.32 Å². The summed E-state index contributed by atoms with van der Waals surface area (Å²) in [6, 6.07) is 24.6. The summed E-state index contributed by atoms with van der Waals surface area (Å²) in [7, 11) is 0. The van der Waals surface area contributed by atoms with Gasteiger partial charge in [0.05, 0.1) is 11.0 Å². The molecule has 32 heavy (non-hydrogen) atoms. The minimum absolute atomic E-state index is 0.0241. The van der Waals surface area contributed by atoms with E-state index in [1.165, 1.54) is 12.1 Å². The molecule has 2 atom stereocenters. The van der Waals surface area contributed by atoms with Gasteiger partial charge in [0.15, 0.2) is 5.78 Å². The fourth-order valence-electron chi connectivity index (χ4n) is 3.44. The molecule has 3 aromatic carbocycles. The number of nitro groups is 1. The van der Waals surface area contributed by atoms with E-state index in [0.717, 1.165) is 11.1 Å². The van der Waals surface area contributed by atoms with E-state index in [1.807, 2.05) is 67.6 Å². The van der Waals surface area contributed by atoms with Crippen LogP contribution in [0.25, 0.3) is 11.6 Å². The Bertz CT molecular complexity index is 1080. The summed E-state index contributed by atoms with van der Waals surface area (Å²) in [6.45, 7) is 2.27. The highest BCUT2D eigenvalue weighted by atomic mass is 16.6. The maximum atomic E-state index is 13.1. The van der Waals surface area contributed by atoms with Crippen molar-refractivity contribution in [2.24, 2.45) is 0 Å². The Hall–Kier alpha value is -3.61. The molecule has 0 bridgehead atoms. The number of benzene rings is 3. The number of non-ortho nitro benzene ring substituents is 1. The van der Waals surface area contributed by atoms with Gasteiger partial charge in [-0.05, 0) is 29.7 Å². The van der Waals surface area contributed by atoms with E-state index < -0.39 is 11.0 Å². The van der Waals surface area contributed by atoms with Crippen molar-refractivity contribution >= 4 is 23.1 Å². The third-order valence-electron chi connectivity index (χ3n) is 5.21. The number of hydrogen-bond acceptors (Lipinski definition) is 5. The molecule has 6 heteroatoms. The van der Waals surface area contributed by atoms with Gasteiger partial charge in [-0.1, -0.05) is 72.8 Å². The first-order valence-corrected chi connectivity index (χ1v) is 10.5. The molecule has 3 aromatic rings. The van der Waals surface area contributed by atoms with Gasteiger partial charge in [0.1, 0.15) is 0 Å². The molecule has 0 fully saturated rings. The van der Waals surface area contributed by atoms with E-state index in [-0.39, 0.29) is 23.9 Å². The van der Waals surface area contributed by atoms with Gasteiger partial charge in [0, 0.05) is 36.7 Å². The number of allylic oxidation sites excluding steroid dienone is 1. The van der Waals surface area contributed by atoms with E-state index in [0.29, 0.717) is 17.7 Å². The third kappa shape index (κ3) is 6.20. The van der Waals surface area contributed by atoms with E-state index in [4.69, 9.17) is 0 Å². The Morgan fingerprint density at radius 1 is 1.03 bits per heavy atom. The Balaban J connectivity index is 1.72. The van der Waals surface area contributed by atoms with E-state index in [9.17, 15) is 20.0 Å². The Morgan fingerprint density at radius 3 is 2.34 bits per heavy atom. The maximum Gasteiger partial charge on any atom is 0.270 e. The first kappa shape index (κ1) is 23.1. The molecule has 0 aliphatic heterocycles. The van der Waals surface area contributed by atoms with Crippen LogP contribution in [0, 0.1) is 10.1 Å². The van der Waals surface area contributed by atoms with Crippen molar-refractivity contribution in [3.05, 3.63) is 112 Å². The van der Waals surface area contributed by atoms with Gasteiger partial charge in [-0.3, -0.25) is 14.9 Å². The molecule has 164 valence electrons. The highest BCUT2D eigenvalue weighted by molar-refractivity contribution is 6.25. The van der Waals surface area contributed by atoms with Crippen LogP contribution in [0.4, 0.5) is 5.69 Å². The normalized spacial score (nSPS) is 13.4. The van der Waals surface area contributed by atoms with Crippen molar-refractivity contribution in [1.29, 1.82) is 0 Å². The standard InChI is InChI=1S/C26H26N2O4/c1-19(26(30)22-12-6-3-7-13-22)27-16-15-25(29)24(21-10-4-2-5-11-21)18-20-9-8-14-23(17-20)28(31)32/h2-14,17-19,26-27,30H,15-16H2,1H3/b24-18+. The van der Waals surface area contributed by atoms with Crippen LogP contribution in [0.3, 0.4) is 0 Å². The number of rotatable bonds is 10. The lowest BCUT2D eigenvalue weighted by Crippen LogP contribution is -2.33. The number of ketones is 1. The number of nitrogens with zero attached hydrogens (tertiary/aromatic N) is 1. The van der Waals surface area contributed by atoms with E-state index in [1.54, 1.807) is 18.2 Å². The van der Waals surface area contributed by atoms with Crippen LogP contribution in [0.15, 0.2) is 84.9 Å². The summed E-state index contributed by atoms with van der Waals surface area (Å²) >= 11 is 0. The van der Waals surface area contributed by atoms with Crippen LogP contribution in [-0.4, -0.2) is 28.4 Å². The molecule has 0 aliphatic rings. The average molecular weight is 431 g/mol. The first-order valence-electron chi connectivity index (χ1n) is 10.5. The van der Waals surface area contributed by atoms with Crippen molar-refractivity contribution in [3.8, 4) is 0 Å². The average Bonchev–Trinajstić information content (AvgIpc) is 2.83. The van der Waals surface area contributed by atoms with Crippen molar-refractivity contribution < 1.29 is 14.8 Å². The molecule has 3 rings (SSSR count). The molecule has 6 nitrogen and oxygen atoms in total. The monoisotopic (exact) mass is 430 g/mol. The van der Waals surface area contributed by atoms with Gasteiger partial charge in [0.2, 0.25) is 0 Å². The highest BCUT2D eigenvalue weighted by Gasteiger charge is 2.17. The first-order chi connectivity index (χ1) is 15.5. The molecule has 0 aromatic heterocycles. The van der Waals surface area contributed by atoms with Gasteiger partial charge in [-0.15, -0.1) is 0 Å². The smallest absolute Gasteiger partial charge is 0.270 e. The molecule has 0 radical (unpaired) electrons. The van der Waals surface area contributed by atoms with Crippen molar-refractivity contribution in [2.45, 2.75) is 25.5 Å². The zero-order valence-electron chi connectivity index (χ0n) is 17.8. The Morgan fingerprint density at radius 2 is 1.69 bits per heavy atom. The minimum Gasteiger partial charge on any atom is -0.387 e. The molecule has 2 unspecified atom stereocenters. The van der Waals surface area contributed by atoms with Gasteiger partial charge in [0.25, 0.3) is 5.69 Å². The lowest BCUT2D eigenvalue weighted by atomic mass is 9.97. The molecular formula is C26H26N2O4. The van der Waals surface area contributed by atoms with Crippen LogP contribution in [-0.2, 0) is 4.79 Å². The quantitative estimate of drug-likeness (QED) is 0.208. The fourth-order valence-corrected chi connectivity index (χ4v) is 3.44. The Kier molecular flexibility index (Phi) is 8.02. The molecule has 0 amide bonds. The summed E-state index contributed by atoms with van der Waals surface area (Å²) in [4.78, 5) is 23.7. The second-order valence-electron chi connectivity index (χ2n) is 7.55. The van der Waals surface area contributed by atoms with E-state index in [2.05, 4.69) is 5.32 Å².